The summed E-state index contributed by atoms with van der Waals surface area (Å²) in [5.74, 6) is 0. The quantitative estimate of drug-likeness (QED) is 0.146. The number of alkyl halides is 12. The van der Waals surface area contributed by atoms with Gasteiger partial charge in [0.05, 0.1) is 33.4 Å². The van der Waals surface area contributed by atoms with E-state index in [2.05, 4.69) is 0 Å². The van der Waals surface area contributed by atoms with Crippen molar-refractivity contribution >= 4 is 22.3 Å². The molecule has 6 nitrogen and oxygen atoms in total. The number of nitrogens with zero attached hydrogens (tertiary/aromatic N) is 6. The first kappa shape index (κ1) is 39.9. The van der Waals surface area contributed by atoms with Crippen LogP contribution in [-0.2, 0) is 24.7 Å². The fraction of sp³-hybridized carbons (Fsp3) is 0.100. The summed E-state index contributed by atoms with van der Waals surface area (Å²) < 4.78 is 171. The molecule has 0 unspecified atom stereocenters. The third-order valence-corrected chi connectivity index (χ3v) is 9.21. The molecule has 2 aliphatic carbocycles. The lowest BCUT2D eigenvalue weighted by Crippen LogP contribution is -2.15. The molecule has 6 rings (SSSR count). The summed E-state index contributed by atoms with van der Waals surface area (Å²) >= 11 is 0. The number of benzene rings is 4. The molecule has 0 saturated carbocycles. The number of fused-ring (bicyclic) bond motifs is 4. The summed E-state index contributed by atoms with van der Waals surface area (Å²) in [7, 11) is 0. The molecule has 18 heteroatoms. The largest absolute Gasteiger partial charge is 0.417 e. The predicted molar refractivity (Wildman–Crippen MR) is 176 cm³/mol. The number of rotatable bonds is 2. The second kappa shape index (κ2) is 13.4. The van der Waals surface area contributed by atoms with E-state index in [4.69, 9.17) is 0 Å². The standard InChI is InChI=1S/C40H10F12N6/c41-37(42,43)27-7-17(8-28(25(27)15-57)38(44,45)46)21-3-1-5-23-33(21)31(19(11-53)12-54)36-24-6-2-4-22(34(24)32(35(23)36)20(13-55)14-56)18-9-29(39(47,48)49)26(16-58)30(10-18)40(50,51)52/h1-10H. The molecule has 2 aliphatic rings. The maximum absolute atomic E-state index is 14.2. The van der Waals surface area contributed by atoms with Crippen molar-refractivity contribution in [1.29, 1.82) is 31.6 Å². The van der Waals surface area contributed by atoms with Gasteiger partial charge in [0.2, 0.25) is 0 Å². The molecule has 284 valence electrons. The summed E-state index contributed by atoms with van der Waals surface area (Å²) in [4.78, 5) is 0. The molecule has 0 aromatic heterocycles. The van der Waals surface area contributed by atoms with Crippen molar-refractivity contribution in [3.05, 3.63) is 127 Å². The Hall–Kier alpha value is -7.80. The number of halogens is 12. The number of allylic oxidation sites excluding steroid dienone is 6. The first-order chi connectivity index (χ1) is 27.1. The highest BCUT2D eigenvalue weighted by molar-refractivity contribution is 6.39. The summed E-state index contributed by atoms with van der Waals surface area (Å²) in [5.41, 5.74) is -18.4. The molecule has 0 atom stereocenters. The minimum Gasteiger partial charge on any atom is -0.192 e. The zero-order chi connectivity index (χ0) is 42.9. The molecule has 0 spiro atoms. The Labute approximate surface area is 317 Å². The van der Waals surface area contributed by atoms with Crippen LogP contribution in [0.5, 0.6) is 0 Å². The molecule has 0 radical (unpaired) electrons. The van der Waals surface area contributed by atoms with E-state index in [0.717, 1.165) is 36.4 Å². The van der Waals surface area contributed by atoms with Crippen molar-refractivity contribution in [2.75, 3.05) is 0 Å². The highest BCUT2D eigenvalue weighted by Crippen LogP contribution is 2.62. The van der Waals surface area contributed by atoms with E-state index < -0.39 is 103 Å². The Morgan fingerprint density at radius 1 is 0.397 bits per heavy atom. The van der Waals surface area contributed by atoms with Crippen LogP contribution in [0.15, 0.2) is 71.8 Å². The summed E-state index contributed by atoms with van der Waals surface area (Å²) in [6.45, 7) is 0. The van der Waals surface area contributed by atoms with Crippen molar-refractivity contribution < 1.29 is 52.7 Å². The van der Waals surface area contributed by atoms with E-state index in [-0.39, 0.29) is 57.7 Å². The van der Waals surface area contributed by atoms with E-state index in [0.29, 0.717) is 0 Å². The smallest absolute Gasteiger partial charge is 0.192 e. The zero-order valence-corrected chi connectivity index (χ0v) is 28.0. The average Bonchev–Trinajstić information content (AvgIpc) is 3.67. The van der Waals surface area contributed by atoms with Gasteiger partial charge in [-0.25, -0.2) is 0 Å². The van der Waals surface area contributed by atoms with Crippen molar-refractivity contribution in [2.24, 2.45) is 0 Å². The number of nitriles is 6. The Balaban J connectivity index is 1.78. The highest BCUT2D eigenvalue weighted by Gasteiger charge is 2.46. The van der Waals surface area contributed by atoms with E-state index in [9.17, 15) is 84.3 Å². The molecule has 0 aliphatic heterocycles. The fourth-order valence-corrected chi connectivity index (χ4v) is 7.08. The molecule has 0 heterocycles. The maximum atomic E-state index is 14.2. The van der Waals surface area contributed by atoms with Gasteiger partial charge in [-0.3, -0.25) is 0 Å². The lowest BCUT2D eigenvalue weighted by molar-refractivity contribution is -0.145. The first-order valence-electron chi connectivity index (χ1n) is 15.7. The van der Waals surface area contributed by atoms with Crippen LogP contribution in [0.25, 0.3) is 44.5 Å². The maximum Gasteiger partial charge on any atom is 0.417 e. The molecule has 4 aromatic carbocycles. The average molecular weight is 803 g/mol. The van der Waals surface area contributed by atoms with Crippen LogP contribution in [-0.4, -0.2) is 0 Å². The molecule has 0 bridgehead atoms. The predicted octanol–water partition coefficient (Wildman–Crippen LogP) is 11.4. The minimum atomic E-state index is -5.52. The third-order valence-electron chi connectivity index (χ3n) is 9.21. The zero-order valence-electron chi connectivity index (χ0n) is 28.0. The van der Waals surface area contributed by atoms with Gasteiger partial charge in [-0.15, -0.1) is 0 Å². The normalized spacial score (nSPS) is 13.3. The number of hydrogen-bond donors (Lipinski definition) is 0. The highest BCUT2D eigenvalue weighted by atomic mass is 19.4. The minimum absolute atomic E-state index is 0.219. The molecule has 0 fully saturated rings. The Morgan fingerprint density at radius 2 is 0.655 bits per heavy atom. The van der Waals surface area contributed by atoms with Gasteiger partial charge in [0.15, 0.2) is 0 Å². The van der Waals surface area contributed by atoms with Gasteiger partial charge in [-0.2, -0.15) is 84.3 Å². The van der Waals surface area contributed by atoms with E-state index >= 15 is 0 Å². The summed E-state index contributed by atoms with van der Waals surface area (Å²) in [6.07, 6.45) is -22.1. The molecule has 0 N–H and O–H groups in total. The van der Waals surface area contributed by atoms with Gasteiger partial charge in [0.1, 0.15) is 47.6 Å². The van der Waals surface area contributed by atoms with Crippen molar-refractivity contribution in [3.63, 3.8) is 0 Å². The topological polar surface area (TPSA) is 143 Å². The van der Waals surface area contributed by atoms with Gasteiger partial charge >= 0.3 is 24.7 Å². The van der Waals surface area contributed by atoms with Gasteiger partial charge in [-0.05, 0) is 57.6 Å². The SMILES string of the molecule is N#CC(C#N)=C1C2=C(C(=C(C#N)C#N)c3c2cccc3-c2cc(C(F)(F)F)c(C#N)c(C(F)(F)F)c2)c2cccc(-c3cc(C(F)(F)F)c(C#N)c(C(F)(F)F)c3)c21. The van der Waals surface area contributed by atoms with Gasteiger partial charge < -0.3 is 0 Å². The summed E-state index contributed by atoms with van der Waals surface area (Å²) in [5, 5.41) is 59.3. The van der Waals surface area contributed by atoms with Crippen LogP contribution in [0.4, 0.5) is 52.7 Å². The van der Waals surface area contributed by atoms with E-state index in [1.165, 1.54) is 12.1 Å². The molecule has 0 saturated heterocycles. The van der Waals surface area contributed by atoms with Gasteiger partial charge in [0.25, 0.3) is 0 Å². The van der Waals surface area contributed by atoms with Crippen LogP contribution in [0, 0.1) is 68.0 Å². The molecular weight excluding hydrogens is 792 g/mol. The molecular formula is C40H10F12N6. The Bertz CT molecular complexity index is 2600. The van der Waals surface area contributed by atoms with Crippen LogP contribution in [0.1, 0.15) is 55.6 Å². The third kappa shape index (κ3) is 6.14. The van der Waals surface area contributed by atoms with E-state index in [1.807, 2.05) is 0 Å². The first-order valence-corrected chi connectivity index (χ1v) is 15.7. The van der Waals surface area contributed by atoms with Gasteiger partial charge in [0, 0.05) is 33.4 Å². The fourth-order valence-electron chi connectivity index (χ4n) is 7.08. The Morgan fingerprint density at radius 3 is 0.879 bits per heavy atom. The van der Waals surface area contributed by atoms with Crippen LogP contribution in [0.3, 0.4) is 0 Å². The van der Waals surface area contributed by atoms with Crippen molar-refractivity contribution in [1.82, 2.24) is 0 Å². The molecule has 0 amide bonds. The lowest BCUT2D eigenvalue weighted by Gasteiger charge is -2.21. The van der Waals surface area contributed by atoms with Crippen LogP contribution in [0.2, 0.25) is 0 Å². The van der Waals surface area contributed by atoms with Crippen LogP contribution < -0.4 is 0 Å². The monoisotopic (exact) mass is 802 g/mol. The van der Waals surface area contributed by atoms with E-state index in [1.54, 1.807) is 24.3 Å². The van der Waals surface area contributed by atoms with Crippen molar-refractivity contribution in [3.8, 4) is 58.7 Å². The number of hydrogen-bond acceptors (Lipinski definition) is 6. The molecule has 58 heavy (non-hydrogen) atoms. The summed E-state index contributed by atoms with van der Waals surface area (Å²) in [6, 6.07) is 15.8. The second-order valence-corrected chi connectivity index (χ2v) is 12.3. The molecule has 4 aromatic rings. The Kier molecular flexibility index (Phi) is 9.25. The lowest BCUT2D eigenvalue weighted by atomic mass is 9.82. The van der Waals surface area contributed by atoms with Crippen LogP contribution >= 0.6 is 0 Å². The second-order valence-electron chi connectivity index (χ2n) is 12.3. The van der Waals surface area contributed by atoms with Crippen molar-refractivity contribution in [2.45, 2.75) is 24.7 Å². The van der Waals surface area contributed by atoms with Gasteiger partial charge in [-0.1, -0.05) is 36.4 Å².